The fraction of sp³-hybridized carbons (Fsp3) is 0.417. The maximum atomic E-state index is 10.9. The van der Waals surface area contributed by atoms with Gasteiger partial charge in [0.2, 0.25) is 0 Å². The number of rotatable bonds is 4. The van der Waals surface area contributed by atoms with Crippen LogP contribution in [0.5, 0.6) is 11.5 Å². The minimum absolute atomic E-state index is 0.0209. The molecule has 0 radical (unpaired) electrons. The minimum Gasteiger partial charge on any atom is -0.508 e. The molecule has 0 aliphatic heterocycles. The Labute approximate surface area is 99.9 Å². The molecule has 0 aromatic heterocycles. The van der Waals surface area contributed by atoms with Crippen molar-refractivity contribution in [3.05, 3.63) is 23.8 Å². The zero-order valence-electron chi connectivity index (χ0n) is 10.1. The van der Waals surface area contributed by atoms with Crippen molar-refractivity contribution in [2.24, 2.45) is 0 Å². The third-order valence-electron chi connectivity index (χ3n) is 3.04. The molecule has 0 saturated heterocycles. The quantitative estimate of drug-likeness (QED) is 0.743. The van der Waals surface area contributed by atoms with Gasteiger partial charge in [-0.25, -0.2) is 0 Å². The number of carbonyl (C=O) groups is 1. The number of hydrogen-bond donors (Lipinski definition) is 3. The molecule has 0 heterocycles. The van der Waals surface area contributed by atoms with E-state index in [1.807, 2.05) is 0 Å². The molecule has 0 spiro atoms. The van der Waals surface area contributed by atoms with Gasteiger partial charge in [-0.2, -0.15) is 0 Å². The summed E-state index contributed by atoms with van der Waals surface area (Å²) in [6.07, 6.45) is 0. The number of hydrogen-bond acceptors (Lipinski definition) is 4. The van der Waals surface area contributed by atoms with Crippen LogP contribution in [0.4, 0.5) is 0 Å². The van der Waals surface area contributed by atoms with Crippen LogP contribution in [0, 0.1) is 0 Å². The number of nitrogens with zero attached hydrogens (tertiary/aromatic N) is 1. The molecule has 1 rings (SSSR count). The van der Waals surface area contributed by atoms with Crippen LogP contribution in [0.3, 0.4) is 0 Å². The van der Waals surface area contributed by atoms with Crippen LogP contribution in [-0.4, -0.2) is 39.3 Å². The Morgan fingerprint density at radius 2 is 1.88 bits per heavy atom. The lowest BCUT2D eigenvalue weighted by atomic mass is 10.0. The van der Waals surface area contributed by atoms with Gasteiger partial charge in [0, 0.05) is 17.7 Å². The van der Waals surface area contributed by atoms with E-state index in [2.05, 4.69) is 0 Å². The minimum atomic E-state index is -0.919. The molecular weight excluding hydrogens is 222 g/mol. The lowest BCUT2D eigenvalue weighted by Gasteiger charge is -2.28. The average Bonchev–Trinajstić information content (AvgIpc) is 2.26. The summed E-state index contributed by atoms with van der Waals surface area (Å²) in [5.41, 5.74) is 0.582. The van der Waals surface area contributed by atoms with Gasteiger partial charge in [0.05, 0.1) is 0 Å². The van der Waals surface area contributed by atoms with E-state index in [0.29, 0.717) is 5.56 Å². The fourth-order valence-corrected chi connectivity index (χ4v) is 1.61. The highest BCUT2D eigenvalue weighted by Crippen LogP contribution is 2.31. The summed E-state index contributed by atoms with van der Waals surface area (Å²) >= 11 is 0. The van der Waals surface area contributed by atoms with Gasteiger partial charge in [0.1, 0.15) is 17.5 Å². The van der Waals surface area contributed by atoms with Crippen LogP contribution in [-0.2, 0) is 4.79 Å². The van der Waals surface area contributed by atoms with E-state index in [1.165, 1.54) is 12.1 Å². The smallest absolute Gasteiger partial charge is 0.320 e. The van der Waals surface area contributed by atoms with E-state index >= 15 is 0 Å². The van der Waals surface area contributed by atoms with Gasteiger partial charge in [-0.3, -0.25) is 9.69 Å². The predicted molar refractivity (Wildman–Crippen MR) is 63.0 cm³/mol. The van der Waals surface area contributed by atoms with Crippen molar-refractivity contribution in [2.75, 3.05) is 7.05 Å². The van der Waals surface area contributed by atoms with Crippen molar-refractivity contribution in [1.29, 1.82) is 0 Å². The lowest BCUT2D eigenvalue weighted by molar-refractivity contribution is -0.142. The Kier molecular flexibility index (Phi) is 3.96. The van der Waals surface area contributed by atoms with Crippen LogP contribution >= 0.6 is 0 Å². The molecule has 1 aromatic carbocycles. The highest BCUT2D eigenvalue weighted by atomic mass is 16.4. The van der Waals surface area contributed by atoms with Gasteiger partial charge in [-0.15, -0.1) is 0 Å². The number of aromatic hydroxyl groups is 2. The van der Waals surface area contributed by atoms with Crippen molar-refractivity contribution in [2.45, 2.75) is 25.9 Å². The molecule has 17 heavy (non-hydrogen) atoms. The first-order chi connectivity index (χ1) is 7.84. The summed E-state index contributed by atoms with van der Waals surface area (Å²) in [7, 11) is 1.68. The molecular formula is C12H17NO4. The Balaban J connectivity index is 2.96. The highest BCUT2D eigenvalue weighted by Gasteiger charge is 2.24. The third kappa shape index (κ3) is 2.88. The second-order valence-electron chi connectivity index (χ2n) is 4.10. The zero-order chi connectivity index (χ0) is 13.2. The van der Waals surface area contributed by atoms with Crippen molar-refractivity contribution in [3.63, 3.8) is 0 Å². The predicted octanol–water partition coefficient (Wildman–Crippen LogP) is 1.56. The molecule has 0 aliphatic rings. The number of benzene rings is 1. The number of likely N-dealkylation sites (N-methyl/N-ethyl adjacent to an activating group) is 1. The Bertz CT molecular complexity index is 419. The summed E-state index contributed by atoms with van der Waals surface area (Å²) in [5, 5.41) is 27.8. The Hall–Kier alpha value is -1.75. The standard InChI is InChI=1S/C12H17NO4/c1-7(13(3)8(2)12(16)17)10-5-4-9(14)6-11(10)15/h4-8,14-15H,1-3H3,(H,16,17). The summed E-state index contributed by atoms with van der Waals surface area (Å²) < 4.78 is 0. The maximum absolute atomic E-state index is 10.9. The number of phenols is 2. The van der Waals surface area contributed by atoms with E-state index in [0.717, 1.165) is 0 Å². The lowest BCUT2D eigenvalue weighted by Crippen LogP contribution is -2.37. The molecule has 0 amide bonds. The van der Waals surface area contributed by atoms with Crippen molar-refractivity contribution in [1.82, 2.24) is 4.90 Å². The van der Waals surface area contributed by atoms with Gasteiger partial charge in [-0.05, 0) is 27.0 Å². The largest absolute Gasteiger partial charge is 0.508 e. The first kappa shape index (κ1) is 13.3. The SMILES string of the molecule is CC(C(=O)O)N(C)C(C)c1ccc(O)cc1O. The molecule has 3 N–H and O–H groups in total. The molecule has 0 bridgehead atoms. The third-order valence-corrected chi connectivity index (χ3v) is 3.04. The summed E-state index contributed by atoms with van der Waals surface area (Å²) in [6, 6.07) is 3.37. The van der Waals surface area contributed by atoms with E-state index in [4.69, 9.17) is 5.11 Å². The van der Waals surface area contributed by atoms with Gasteiger partial charge in [0.25, 0.3) is 0 Å². The van der Waals surface area contributed by atoms with Gasteiger partial charge >= 0.3 is 5.97 Å². The number of carboxylic acid groups (broad SMARTS) is 1. The summed E-state index contributed by atoms with van der Waals surface area (Å²) in [5.74, 6) is -0.980. The van der Waals surface area contributed by atoms with Crippen LogP contribution in [0.15, 0.2) is 18.2 Å². The maximum Gasteiger partial charge on any atom is 0.320 e. The molecule has 0 aliphatic carbocycles. The summed E-state index contributed by atoms with van der Waals surface area (Å²) in [6.45, 7) is 3.38. The second kappa shape index (κ2) is 5.05. The van der Waals surface area contributed by atoms with E-state index in [9.17, 15) is 15.0 Å². The van der Waals surface area contributed by atoms with Gasteiger partial charge in [0.15, 0.2) is 0 Å². The number of carboxylic acids is 1. The average molecular weight is 239 g/mol. The fourth-order valence-electron chi connectivity index (χ4n) is 1.61. The van der Waals surface area contributed by atoms with Crippen LogP contribution in [0.1, 0.15) is 25.5 Å². The normalized spacial score (nSPS) is 14.6. The Morgan fingerprint density at radius 1 is 1.29 bits per heavy atom. The monoisotopic (exact) mass is 239 g/mol. The van der Waals surface area contributed by atoms with E-state index in [1.54, 1.807) is 31.9 Å². The van der Waals surface area contributed by atoms with Crippen LogP contribution in [0.25, 0.3) is 0 Å². The molecule has 0 saturated carbocycles. The van der Waals surface area contributed by atoms with Crippen LogP contribution in [0.2, 0.25) is 0 Å². The number of phenolic OH excluding ortho intramolecular Hbond substituents is 2. The number of aliphatic carboxylic acids is 1. The first-order valence-corrected chi connectivity index (χ1v) is 5.31. The summed E-state index contributed by atoms with van der Waals surface area (Å²) in [4.78, 5) is 12.5. The Morgan fingerprint density at radius 3 is 2.35 bits per heavy atom. The zero-order valence-corrected chi connectivity index (χ0v) is 10.1. The molecule has 0 fully saturated rings. The van der Waals surface area contributed by atoms with Crippen molar-refractivity contribution in [3.8, 4) is 11.5 Å². The first-order valence-electron chi connectivity index (χ1n) is 5.31. The van der Waals surface area contributed by atoms with Gasteiger partial charge in [-0.1, -0.05) is 6.07 Å². The van der Waals surface area contributed by atoms with Crippen molar-refractivity contribution < 1.29 is 20.1 Å². The molecule has 5 nitrogen and oxygen atoms in total. The van der Waals surface area contributed by atoms with Crippen LogP contribution < -0.4 is 0 Å². The molecule has 2 atom stereocenters. The molecule has 1 aromatic rings. The topological polar surface area (TPSA) is 81.0 Å². The van der Waals surface area contributed by atoms with Gasteiger partial charge < -0.3 is 15.3 Å². The molecule has 2 unspecified atom stereocenters. The van der Waals surface area contributed by atoms with E-state index < -0.39 is 12.0 Å². The highest BCUT2D eigenvalue weighted by molar-refractivity contribution is 5.72. The van der Waals surface area contributed by atoms with E-state index in [-0.39, 0.29) is 17.5 Å². The van der Waals surface area contributed by atoms with Crippen molar-refractivity contribution >= 4 is 5.97 Å². The second-order valence-corrected chi connectivity index (χ2v) is 4.10. The molecule has 5 heteroatoms. The molecule has 94 valence electrons.